The van der Waals surface area contributed by atoms with Crippen molar-refractivity contribution < 1.29 is 9.53 Å². The molecule has 1 aromatic carbocycles. The van der Waals surface area contributed by atoms with Crippen molar-refractivity contribution >= 4 is 11.6 Å². The molecule has 3 rings (SSSR count). The first-order chi connectivity index (χ1) is 11.9. The summed E-state index contributed by atoms with van der Waals surface area (Å²) >= 11 is 0. The van der Waals surface area contributed by atoms with E-state index in [0.29, 0.717) is 12.1 Å². The lowest BCUT2D eigenvalue weighted by Gasteiger charge is -2.42. The van der Waals surface area contributed by atoms with Gasteiger partial charge in [0.05, 0.1) is 0 Å². The second-order valence-electron chi connectivity index (χ2n) is 7.93. The Hall–Kier alpha value is -1.59. The third kappa shape index (κ3) is 4.73. The van der Waals surface area contributed by atoms with Crippen molar-refractivity contribution in [3.8, 4) is 0 Å². The van der Waals surface area contributed by atoms with Crippen LogP contribution < -0.4 is 16.0 Å². The van der Waals surface area contributed by atoms with E-state index < -0.39 is 5.54 Å². The van der Waals surface area contributed by atoms with E-state index >= 15 is 0 Å². The van der Waals surface area contributed by atoms with Gasteiger partial charge in [-0.1, -0.05) is 17.7 Å². The molecule has 25 heavy (non-hydrogen) atoms. The maximum absolute atomic E-state index is 12.8. The highest BCUT2D eigenvalue weighted by Crippen LogP contribution is 2.24. The minimum atomic E-state index is -0.645. The van der Waals surface area contributed by atoms with Crippen LogP contribution in [0.25, 0.3) is 0 Å². The van der Waals surface area contributed by atoms with Gasteiger partial charge in [0.25, 0.3) is 0 Å². The Bertz CT molecular complexity index is 579. The van der Waals surface area contributed by atoms with E-state index in [4.69, 9.17) is 4.74 Å². The summed E-state index contributed by atoms with van der Waals surface area (Å²) in [6.07, 6.45) is 4.32. The zero-order chi connectivity index (χ0) is 17.9. The van der Waals surface area contributed by atoms with Crippen LogP contribution in [0.4, 0.5) is 5.69 Å². The molecule has 0 spiro atoms. The number of carbonyl (C=O) groups is 1. The molecule has 138 valence electrons. The van der Waals surface area contributed by atoms with Gasteiger partial charge in [-0.3, -0.25) is 4.79 Å². The van der Waals surface area contributed by atoms with Crippen LogP contribution in [0, 0.1) is 6.92 Å². The summed E-state index contributed by atoms with van der Waals surface area (Å²) in [5.74, 6) is 0.0524. The van der Waals surface area contributed by atoms with Gasteiger partial charge < -0.3 is 20.7 Å². The standard InChI is InChI=1S/C20H31N3O2/c1-14-4-6-16(7-5-14)23-20(2,3)19(24)22-18-9-8-17(18)21-15-10-12-25-13-11-15/h4-7,15,17-18,21,23H,8-13H2,1-3H3,(H,22,24)/t17-,18+/m0/s1. The zero-order valence-electron chi connectivity index (χ0n) is 15.6. The Labute approximate surface area is 150 Å². The Morgan fingerprint density at radius 2 is 1.68 bits per heavy atom. The van der Waals surface area contributed by atoms with Gasteiger partial charge in [-0.05, 0) is 58.6 Å². The van der Waals surface area contributed by atoms with Crippen molar-refractivity contribution in [3.63, 3.8) is 0 Å². The largest absolute Gasteiger partial charge is 0.381 e. The Morgan fingerprint density at radius 1 is 1.04 bits per heavy atom. The number of benzene rings is 1. The van der Waals surface area contributed by atoms with Crippen LogP contribution in [0.2, 0.25) is 0 Å². The molecule has 2 aliphatic rings. The molecule has 1 heterocycles. The highest BCUT2D eigenvalue weighted by atomic mass is 16.5. The lowest BCUT2D eigenvalue weighted by Crippen LogP contribution is -2.62. The Morgan fingerprint density at radius 3 is 2.28 bits per heavy atom. The van der Waals surface area contributed by atoms with Crippen LogP contribution in [-0.4, -0.2) is 42.8 Å². The number of ether oxygens (including phenoxy) is 1. The number of hydrogen-bond acceptors (Lipinski definition) is 4. The number of hydrogen-bond donors (Lipinski definition) is 3. The van der Waals surface area contributed by atoms with Gasteiger partial charge in [0.2, 0.25) is 5.91 Å². The van der Waals surface area contributed by atoms with Crippen LogP contribution in [0.15, 0.2) is 24.3 Å². The summed E-state index contributed by atoms with van der Waals surface area (Å²) in [6, 6.07) is 9.28. The average molecular weight is 345 g/mol. The van der Waals surface area contributed by atoms with Gasteiger partial charge >= 0.3 is 0 Å². The summed E-state index contributed by atoms with van der Waals surface area (Å²) < 4.78 is 5.41. The first-order valence-corrected chi connectivity index (χ1v) is 9.44. The van der Waals surface area contributed by atoms with Crippen molar-refractivity contribution in [2.24, 2.45) is 0 Å². The molecule has 1 amide bonds. The fraction of sp³-hybridized carbons (Fsp3) is 0.650. The van der Waals surface area contributed by atoms with Crippen molar-refractivity contribution in [2.75, 3.05) is 18.5 Å². The van der Waals surface area contributed by atoms with Crippen molar-refractivity contribution in [1.82, 2.24) is 10.6 Å². The lowest BCUT2D eigenvalue weighted by molar-refractivity contribution is -0.126. The van der Waals surface area contributed by atoms with Crippen molar-refractivity contribution in [2.45, 2.75) is 70.1 Å². The molecule has 1 aliphatic carbocycles. The molecule has 1 aliphatic heterocycles. The van der Waals surface area contributed by atoms with E-state index in [1.165, 1.54) is 5.56 Å². The molecule has 1 saturated heterocycles. The third-order valence-corrected chi connectivity index (χ3v) is 5.34. The lowest BCUT2D eigenvalue weighted by atomic mass is 9.84. The van der Waals surface area contributed by atoms with Gasteiger partial charge in [0.1, 0.15) is 5.54 Å². The second-order valence-corrected chi connectivity index (χ2v) is 7.93. The molecule has 2 atom stereocenters. The molecule has 2 fully saturated rings. The predicted molar refractivity (Wildman–Crippen MR) is 101 cm³/mol. The highest BCUT2D eigenvalue weighted by molar-refractivity contribution is 5.88. The Balaban J connectivity index is 1.50. The minimum Gasteiger partial charge on any atom is -0.381 e. The van der Waals surface area contributed by atoms with Crippen molar-refractivity contribution in [1.29, 1.82) is 0 Å². The van der Waals surface area contributed by atoms with E-state index in [9.17, 15) is 4.79 Å². The fourth-order valence-corrected chi connectivity index (χ4v) is 3.44. The van der Waals surface area contributed by atoms with Gasteiger partial charge in [0.15, 0.2) is 0 Å². The van der Waals surface area contributed by atoms with Gasteiger partial charge in [-0.25, -0.2) is 0 Å². The SMILES string of the molecule is Cc1ccc(NC(C)(C)C(=O)N[C@@H]2CC[C@@H]2NC2CCOCC2)cc1. The number of amides is 1. The number of anilines is 1. The maximum atomic E-state index is 12.8. The molecule has 0 bridgehead atoms. The topological polar surface area (TPSA) is 62.4 Å². The number of aryl methyl sites for hydroxylation is 1. The van der Waals surface area contributed by atoms with E-state index in [1.54, 1.807) is 0 Å². The van der Waals surface area contributed by atoms with Gasteiger partial charge in [-0.15, -0.1) is 0 Å². The predicted octanol–water partition coefficient (Wildman–Crippen LogP) is 2.60. The molecule has 0 radical (unpaired) electrons. The molecule has 0 aromatic heterocycles. The summed E-state index contributed by atoms with van der Waals surface area (Å²) in [5.41, 5.74) is 1.54. The van der Waals surface area contributed by atoms with Crippen LogP contribution in [0.5, 0.6) is 0 Å². The van der Waals surface area contributed by atoms with Crippen molar-refractivity contribution in [3.05, 3.63) is 29.8 Å². The summed E-state index contributed by atoms with van der Waals surface area (Å²) in [6.45, 7) is 7.61. The number of nitrogens with one attached hydrogen (secondary N) is 3. The molecular formula is C20H31N3O2. The van der Waals surface area contributed by atoms with E-state index in [0.717, 1.165) is 44.6 Å². The monoisotopic (exact) mass is 345 g/mol. The Kier molecular flexibility index (Phi) is 5.64. The quantitative estimate of drug-likeness (QED) is 0.742. The average Bonchev–Trinajstić information content (AvgIpc) is 2.59. The first kappa shape index (κ1) is 18.2. The summed E-state index contributed by atoms with van der Waals surface area (Å²) in [4.78, 5) is 12.8. The second kappa shape index (κ2) is 7.75. The van der Waals surface area contributed by atoms with E-state index in [2.05, 4.69) is 35.0 Å². The van der Waals surface area contributed by atoms with Crippen LogP contribution in [0.1, 0.15) is 45.1 Å². The summed E-state index contributed by atoms with van der Waals surface area (Å²) in [5, 5.41) is 10.3. The van der Waals surface area contributed by atoms with Crippen LogP contribution in [0.3, 0.4) is 0 Å². The molecular weight excluding hydrogens is 314 g/mol. The minimum absolute atomic E-state index is 0.0524. The van der Waals surface area contributed by atoms with Gasteiger partial charge in [-0.2, -0.15) is 0 Å². The fourth-order valence-electron chi connectivity index (χ4n) is 3.44. The molecule has 0 unspecified atom stereocenters. The van der Waals surface area contributed by atoms with E-state index in [1.807, 2.05) is 26.0 Å². The van der Waals surface area contributed by atoms with Crippen LogP contribution >= 0.6 is 0 Å². The molecule has 5 heteroatoms. The number of rotatable bonds is 6. The molecule has 1 saturated carbocycles. The molecule has 1 aromatic rings. The smallest absolute Gasteiger partial charge is 0.245 e. The zero-order valence-corrected chi connectivity index (χ0v) is 15.6. The van der Waals surface area contributed by atoms with Crippen LogP contribution in [-0.2, 0) is 9.53 Å². The van der Waals surface area contributed by atoms with E-state index in [-0.39, 0.29) is 11.9 Å². The first-order valence-electron chi connectivity index (χ1n) is 9.44. The number of carbonyl (C=O) groups excluding carboxylic acids is 1. The molecule has 5 nitrogen and oxygen atoms in total. The maximum Gasteiger partial charge on any atom is 0.245 e. The summed E-state index contributed by atoms with van der Waals surface area (Å²) in [7, 11) is 0. The molecule has 3 N–H and O–H groups in total. The van der Waals surface area contributed by atoms with Gasteiger partial charge in [0, 0.05) is 37.0 Å². The highest BCUT2D eigenvalue weighted by Gasteiger charge is 2.37. The normalized spacial score (nSPS) is 24.4. The third-order valence-electron chi connectivity index (χ3n) is 5.34.